The lowest BCUT2D eigenvalue weighted by molar-refractivity contribution is -0.386. The van der Waals surface area contributed by atoms with Crippen LogP contribution >= 0.6 is 0 Å². The Hall–Kier alpha value is -1.79. The number of halogens is 2. The Bertz CT molecular complexity index is 396. The minimum Gasteiger partial charge on any atom is -0.476 e. The molecular weight excluding hydrogens is 210 g/mol. The SMILES string of the molecule is COc1nc(C(F)F)c(C)cc1[N+](=O)[O-]. The largest absolute Gasteiger partial charge is 0.476 e. The first-order chi connectivity index (χ1) is 6.97. The van der Waals surface area contributed by atoms with Crippen molar-refractivity contribution < 1.29 is 18.4 Å². The van der Waals surface area contributed by atoms with Crippen LogP contribution < -0.4 is 4.74 Å². The topological polar surface area (TPSA) is 65.3 Å². The molecule has 0 radical (unpaired) electrons. The number of aromatic nitrogens is 1. The van der Waals surface area contributed by atoms with Crippen LogP contribution in [0.5, 0.6) is 5.88 Å². The lowest BCUT2D eigenvalue weighted by Gasteiger charge is -2.06. The van der Waals surface area contributed by atoms with Gasteiger partial charge in [0.15, 0.2) is 0 Å². The van der Waals surface area contributed by atoms with E-state index in [-0.39, 0.29) is 5.56 Å². The molecule has 0 atom stereocenters. The van der Waals surface area contributed by atoms with E-state index in [9.17, 15) is 18.9 Å². The smallest absolute Gasteiger partial charge is 0.331 e. The number of ether oxygens (including phenoxy) is 1. The van der Waals surface area contributed by atoms with E-state index >= 15 is 0 Å². The summed E-state index contributed by atoms with van der Waals surface area (Å²) in [6.45, 7) is 1.33. The maximum atomic E-state index is 12.4. The highest BCUT2D eigenvalue weighted by atomic mass is 19.3. The first-order valence-electron chi connectivity index (χ1n) is 3.95. The molecule has 1 heterocycles. The fraction of sp³-hybridized carbons (Fsp3) is 0.375. The van der Waals surface area contributed by atoms with Gasteiger partial charge in [-0.25, -0.2) is 13.8 Å². The third-order valence-corrected chi connectivity index (χ3v) is 1.80. The quantitative estimate of drug-likeness (QED) is 0.576. The number of aryl methyl sites for hydroxylation is 1. The van der Waals surface area contributed by atoms with Crippen molar-refractivity contribution in [2.24, 2.45) is 0 Å². The van der Waals surface area contributed by atoms with Gasteiger partial charge in [0.25, 0.3) is 12.3 Å². The van der Waals surface area contributed by atoms with Gasteiger partial charge in [-0.15, -0.1) is 0 Å². The molecule has 0 fully saturated rings. The van der Waals surface area contributed by atoms with Crippen molar-refractivity contribution >= 4 is 5.69 Å². The van der Waals surface area contributed by atoms with Crippen LogP contribution in [0.3, 0.4) is 0 Å². The van der Waals surface area contributed by atoms with Crippen LogP contribution in [0.15, 0.2) is 6.07 Å². The van der Waals surface area contributed by atoms with Crippen molar-refractivity contribution in [2.75, 3.05) is 7.11 Å². The van der Waals surface area contributed by atoms with E-state index in [1.54, 1.807) is 0 Å². The van der Waals surface area contributed by atoms with Gasteiger partial charge in [0.1, 0.15) is 5.69 Å². The molecule has 1 aromatic heterocycles. The summed E-state index contributed by atoms with van der Waals surface area (Å²) in [4.78, 5) is 13.2. The standard InChI is InChI=1S/C8H8F2N2O3/c1-4-3-5(12(13)14)8(15-2)11-6(4)7(9)10/h3,7H,1-2H3. The molecule has 5 nitrogen and oxygen atoms in total. The predicted octanol–water partition coefficient (Wildman–Crippen LogP) is 2.24. The first-order valence-corrected chi connectivity index (χ1v) is 3.95. The molecule has 1 aromatic rings. The van der Waals surface area contributed by atoms with Crippen molar-refractivity contribution in [3.63, 3.8) is 0 Å². The van der Waals surface area contributed by atoms with E-state index < -0.39 is 28.6 Å². The van der Waals surface area contributed by atoms with Crippen LogP contribution in [0.1, 0.15) is 17.7 Å². The number of alkyl halides is 2. The highest BCUT2D eigenvalue weighted by Gasteiger charge is 2.22. The van der Waals surface area contributed by atoms with E-state index in [4.69, 9.17) is 0 Å². The molecule has 0 aromatic carbocycles. The molecule has 0 N–H and O–H groups in total. The van der Waals surface area contributed by atoms with Gasteiger partial charge in [0, 0.05) is 6.07 Å². The molecule has 0 aliphatic rings. The normalized spacial score (nSPS) is 10.5. The molecule has 7 heteroatoms. The monoisotopic (exact) mass is 218 g/mol. The van der Waals surface area contributed by atoms with Gasteiger partial charge in [-0.2, -0.15) is 0 Å². The van der Waals surface area contributed by atoms with Crippen molar-refractivity contribution in [3.8, 4) is 5.88 Å². The summed E-state index contributed by atoms with van der Waals surface area (Å²) in [5.74, 6) is -0.402. The Labute approximate surface area is 83.8 Å². The minimum atomic E-state index is -2.78. The highest BCUT2D eigenvalue weighted by Crippen LogP contribution is 2.30. The van der Waals surface area contributed by atoms with Crippen LogP contribution in [-0.2, 0) is 0 Å². The summed E-state index contributed by atoms with van der Waals surface area (Å²) in [7, 11) is 1.14. The van der Waals surface area contributed by atoms with Gasteiger partial charge in [0.2, 0.25) is 0 Å². The second-order valence-electron chi connectivity index (χ2n) is 2.78. The van der Waals surface area contributed by atoms with Crippen LogP contribution in [0.2, 0.25) is 0 Å². The van der Waals surface area contributed by atoms with Gasteiger partial charge in [-0.3, -0.25) is 10.1 Å². The van der Waals surface area contributed by atoms with Gasteiger partial charge >= 0.3 is 5.69 Å². The number of nitro groups is 1. The maximum Gasteiger partial charge on any atom is 0.331 e. The Morgan fingerprint density at radius 1 is 1.60 bits per heavy atom. The number of rotatable bonds is 3. The molecule has 0 saturated heterocycles. The maximum absolute atomic E-state index is 12.4. The van der Waals surface area contributed by atoms with Crippen molar-refractivity contribution in [1.29, 1.82) is 0 Å². The predicted molar refractivity (Wildman–Crippen MR) is 47.1 cm³/mol. The highest BCUT2D eigenvalue weighted by molar-refractivity contribution is 5.45. The van der Waals surface area contributed by atoms with Crippen molar-refractivity contribution in [2.45, 2.75) is 13.3 Å². The third kappa shape index (κ3) is 2.17. The molecule has 82 valence electrons. The minimum absolute atomic E-state index is 0.0671. The third-order valence-electron chi connectivity index (χ3n) is 1.80. The van der Waals surface area contributed by atoms with E-state index in [0.29, 0.717) is 0 Å². The van der Waals surface area contributed by atoms with E-state index in [1.165, 1.54) is 6.92 Å². The molecule has 0 bridgehead atoms. The van der Waals surface area contributed by atoms with Crippen LogP contribution in [0.4, 0.5) is 14.5 Å². The molecule has 0 amide bonds. The molecule has 15 heavy (non-hydrogen) atoms. The number of pyridine rings is 1. The fourth-order valence-electron chi connectivity index (χ4n) is 1.10. The van der Waals surface area contributed by atoms with Gasteiger partial charge in [-0.05, 0) is 12.5 Å². The van der Waals surface area contributed by atoms with Crippen LogP contribution in [0, 0.1) is 17.0 Å². The van der Waals surface area contributed by atoms with Crippen LogP contribution in [0.25, 0.3) is 0 Å². The summed E-state index contributed by atoms with van der Waals surface area (Å²) in [5.41, 5.74) is -0.852. The van der Waals surface area contributed by atoms with Crippen molar-refractivity contribution in [3.05, 3.63) is 27.4 Å². The Morgan fingerprint density at radius 2 is 2.20 bits per heavy atom. The van der Waals surface area contributed by atoms with E-state index in [2.05, 4.69) is 9.72 Å². The molecule has 0 aliphatic heterocycles. The Kier molecular flexibility index (Phi) is 3.13. The Balaban J connectivity index is 3.35. The zero-order valence-electron chi connectivity index (χ0n) is 8.03. The van der Waals surface area contributed by atoms with Gasteiger partial charge < -0.3 is 4.74 Å². The average molecular weight is 218 g/mol. The molecular formula is C8H8F2N2O3. The fourth-order valence-corrected chi connectivity index (χ4v) is 1.10. The Morgan fingerprint density at radius 3 is 2.60 bits per heavy atom. The van der Waals surface area contributed by atoms with Crippen molar-refractivity contribution in [1.82, 2.24) is 4.98 Å². The number of hydrogen-bond acceptors (Lipinski definition) is 4. The molecule has 0 saturated carbocycles. The van der Waals surface area contributed by atoms with E-state index in [0.717, 1.165) is 13.2 Å². The van der Waals surface area contributed by atoms with E-state index in [1.807, 2.05) is 0 Å². The number of hydrogen-bond donors (Lipinski definition) is 0. The molecule has 0 spiro atoms. The summed E-state index contributed by atoms with van der Waals surface area (Å²) in [6.07, 6.45) is -2.78. The number of methoxy groups -OCH3 is 1. The molecule has 0 aliphatic carbocycles. The summed E-state index contributed by atoms with van der Waals surface area (Å²) < 4.78 is 29.3. The summed E-state index contributed by atoms with van der Waals surface area (Å²) >= 11 is 0. The zero-order chi connectivity index (χ0) is 11.6. The second kappa shape index (κ2) is 4.16. The second-order valence-corrected chi connectivity index (χ2v) is 2.78. The molecule has 0 unspecified atom stereocenters. The lowest BCUT2D eigenvalue weighted by atomic mass is 10.2. The first kappa shape index (κ1) is 11.3. The average Bonchev–Trinajstić information content (AvgIpc) is 2.16. The van der Waals surface area contributed by atoms with Gasteiger partial charge in [-0.1, -0.05) is 0 Å². The summed E-state index contributed by atoms with van der Waals surface area (Å²) in [5, 5.41) is 10.5. The summed E-state index contributed by atoms with van der Waals surface area (Å²) in [6, 6.07) is 1.02. The lowest BCUT2D eigenvalue weighted by Crippen LogP contribution is -2.02. The van der Waals surface area contributed by atoms with Crippen LogP contribution in [-0.4, -0.2) is 17.0 Å². The number of nitrogens with zero attached hydrogens (tertiary/aromatic N) is 2. The zero-order valence-corrected chi connectivity index (χ0v) is 8.03. The van der Waals surface area contributed by atoms with Gasteiger partial charge in [0.05, 0.1) is 12.0 Å². The molecule has 1 rings (SSSR count).